The summed E-state index contributed by atoms with van der Waals surface area (Å²) in [4.78, 5) is 0. The summed E-state index contributed by atoms with van der Waals surface area (Å²) in [7, 11) is 0. The Morgan fingerprint density at radius 3 is 2.60 bits per heavy atom. The molecule has 1 aliphatic rings. The molecule has 1 fully saturated rings. The van der Waals surface area contributed by atoms with E-state index in [0.717, 1.165) is 30.2 Å². The van der Waals surface area contributed by atoms with Gasteiger partial charge in [-0.2, -0.15) is 0 Å². The Kier molecular flexibility index (Phi) is 3.40. The number of ether oxygens (including phenoxy) is 1. The van der Waals surface area contributed by atoms with Crippen LogP contribution in [-0.4, -0.2) is 6.10 Å². The number of rotatable bonds is 4. The molecule has 0 aromatic heterocycles. The highest BCUT2D eigenvalue weighted by Gasteiger charge is 2.24. The molecule has 1 saturated carbocycles. The second kappa shape index (κ2) is 5.21. The van der Waals surface area contributed by atoms with Gasteiger partial charge >= 0.3 is 0 Å². The van der Waals surface area contributed by atoms with Crippen molar-refractivity contribution in [3.8, 4) is 5.75 Å². The summed E-state index contributed by atoms with van der Waals surface area (Å²) in [6.07, 6.45) is 2.44. The largest absolute Gasteiger partial charge is 0.490 e. The van der Waals surface area contributed by atoms with E-state index in [9.17, 15) is 8.78 Å². The standard InChI is InChI=1S/C16H15F2NO/c17-11-4-7-14(15(18)9-11)16(19)10-2-1-3-13(8-10)20-12-5-6-12/h1-4,7-9,12,16H,5-6,19H2. The van der Waals surface area contributed by atoms with Gasteiger partial charge in [-0.1, -0.05) is 18.2 Å². The third kappa shape index (κ3) is 2.80. The van der Waals surface area contributed by atoms with Gasteiger partial charge in [-0.15, -0.1) is 0 Å². The fourth-order valence-corrected chi connectivity index (χ4v) is 2.09. The highest BCUT2D eigenvalue weighted by atomic mass is 19.1. The molecule has 0 aliphatic heterocycles. The van der Waals surface area contributed by atoms with E-state index in [-0.39, 0.29) is 5.56 Å². The first kappa shape index (κ1) is 13.1. The Bertz CT molecular complexity index is 626. The van der Waals surface area contributed by atoms with Crippen LogP contribution in [0.3, 0.4) is 0 Å². The van der Waals surface area contributed by atoms with Crippen molar-refractivity contribution in [1.29, 1.82) is 0 Å². The topological polar surface area (TPSA) is 35.2 Å². The monoisotopic (exact) mass is 275 g/mol. The van der Waals surface area contributed by atoms with E-state index >= 15 is 0 Å². The Morgan fingerprint density at radius 2 is 1.90 bits per heavy atom. The Hall–Kier alpha value is -1.94. The maximum Gasteiger partial charge on any atom is 0.131 e. The van der Waals surface area contributed by atoms with E-state index in [1.807, 2.05) is 24.3 Å². The second-order valence-corrected chi connectivity index (χ2v) is 5.03. The zero-order valence-corrected chi connectivity index (χ0v) is 10.9. The van der Waals surface area contributed by atoms with Gasteiger partial charge in [-0.3, -0.25) is 0 Å². The fourth-order valence-electron chi connectivity index (χ4n) is 2.09. The molecule has 0 spiro atoms. The van der Waals surface area contributed by atoms with Crippen LogP contribution in [0, 0.1) is 11.6 Å². The van der Waals surface area contributed by atoms with Crippen LogP contribution in [0.2, 0.25) is 0 Å². The van der Waals surface area contributed by atoms with Gasteiger partial charge in [-0.25, -0.2) is 8.78 Å². The van der Waals surface area contributed by atoms with Crippen LogP contribution < -0.4 is 10.5 Å². The summed E-state index contributed by atoms with van der Waals surface area (Å²) in [5.74, 6) is -0.502. The van der Waals surface area contributed by atoms with E-state index in [0.29, 0.717) is 6.10 Å². The second-order valence-electron chi connectivity index (χ2n) is 5.03. The molecular weight excluding hydrogens is 260 g/mol. The van der Waals surface area contributed by atoms with E-state index in [1.165, 1.54) is 12.1 Å². The van der Waals surface area contributed by atoms with E-state index < -0.39 is 17.7 Å². The van der Waals surface area contributed by atoms with Gasteiger partial charge in [0.1, 0.15) is 17.4 Å². The van der Waals surface area contributed by atoms with Gasteiger partial charge < -0.3 is 10.5 Å². The van der Waals surface area contributed by atoms with Gasteiger partial charge in [0.25, 0.3) is 0 Å². The Morgan fingerprint density at radius 1 is 1.10 bits per heavy atom. The molecule has 0 saturated heterocycles. The van der Waals surface area contributed by atoms with Gasteiger partial charge in [0.05, 0.1) is 12.1 Å². The van der Waals surface area contributed by atoms with Crippen LogP contribution in [0.4, 0.5) is 8.78 Å². The van der Waals surface area contributed by atoms with Crippen LogP contribution in [0.25, 0.3) is 0 Å². The highest BCUT2D eigenvalue weighted by Crippen LogP contribution is 2.30. The first-order valence-corrected chi connectivity index (χ1v) is 6.60. The molecule has 20 heavy (non-hydrogen) atoms. The molecule has 1 unspecified atom stereocenters. The molecular formula is C16H15F2NO. The van der Waals surface area contributed by atoms with Crippen molar-refractivity contribution in [2.45, 2.75) is 25.0 Å². The molecule has 0 bridgehead atoms. The lowest BCUT2D eigenvalue weighted by molar-refractivity contribution is 0.303. The molecule has 2 nitrogen and oxygen atoms in total. The minimum absolute atomic E-state index is 0.273. The van der Waals surface area contributed by atoms with E-state index in [2.05, 4.69) is 0 Å². The summed E-state index contributed by atoms with van der Waals surface area (Å²) in [6, 6.07) is 10.1. The van der Waals surface area contributed by atoms with Crippen molar-refractivity contribution in [1.82, 2.24) is 0 Å². The maximum atomic E-state index is 13.8. The summed E-state index contributed by atoms with van der Waals surface area (Å²) >= 11 is 0. The van der Waals surface area contributed by atoms with Crippen LogP contribution in [0.1, 0.15) is 30.0 Å². The number of nitrogens with two attached hydrogens (primary N) is 1. The van der Waals surface area contributed by atoms with E-state index in [1.54, 1.807) is 0 Å². The van der Waals surface area contributed by atoms with Gasteiger partial charge in [0.15, 0.2) is 0 Å². The van der Waals surface area contributed by atoms with Crippen LogP contribution in [0.5, 0.6) is 5.75 Å². The van der Waals surface area contributed by atoms with Crippen molar-refractivity contribution in [2.75, 3.05) is 0 Å². The molecule has 1 atom stereocenters. The SMILES string of the molecule is NC(c1cccc(OC2CC2)c1)c1ccc(F)cc1F. The third-order valence-corrected chi connectivity index (χ3v) is 3.34. The molecule has 104 valence electrons. The van der Waals surface area contributed by atoms with Crippen molar-refractivity contribution >= 4 is 0 Å². The number of hydrogen-bond donors (Lipinski definition) is 1. The molecule has 4 heteroatoms. The lowest BCUT2D eigenvalue weighted by atomic mass is 9.99. The Balaban J connectivity index is 1.86. The van der Waals surface area contributed by atoms with Crippen molar-refractivity contribution in [2.24, 2.45) is 5.73 Å². The van der Waals surface area contributed by atoms with Crippen molar-refractivity contribution in [3.63, 3.8) is 0 Å². The van der Waals surface area contributed by atoms with Crippen LogP contribution in [0.15, 0.2) is 42.5 Å². The molecule has 0 radical (unpaired) electrons. The smallest absolute Gasteiger partial charge is 0.131 e. The quantitative estimate of drug-likeness (QED) is 0.926. The first-order chi connectivity index (χ1) is 9.63. The third-order valence-electron chi connectivity index (χ3n) is 3.34. The minimum Gasteiger partial charge on any atom is -0.490 e. The van der Waals surface area contributed by atoms with Crippen LogP contribution >= 0.6 is 0 Å². The molecule has 3 rings (SSSR count). The maximum absolute atomic E-state index is 13.8. The predicted octanol–water partition coefficient (Wildman–Crippen LogP) is 3.55. The van der Waals surface area contributed by atoms with Crippen molar-refractivity contribution in [3.05, 3.63) is 65.2 Å². The first-order valence-electron chi connectivity index (χ1n) is 6.60. The molecule has 0 amide bonds. The van der Waals surface area contributed by atoms with Crippen molar-refractivity contribution < 1.29 is 13.5 Å². The van der Waals surface area contributed by atoms with Gasteiger partial charge in [0, 0.05) is 11.6 Å². The number of hydrogen-bond acceptors (Lipinski definition) is 2. The minimum atomic E-state index is -0.640. The molecule has 1 aliphatic carbocycles. The lowest BCUT2D eigenvalue weighted by Gasteiger charge is -2.15. The molecule has 0 heterocycles. The fraction of sp³-hybridized carbons (Fsp3) is 0.250. The molecule has 2 aromatic rings. The van der Waals surface area contributed by atoms with E-state index in [4.69, 9.17) is 10.5 Å². The predicted molar refractivity (Wildman–Crippen MR) is 72.5 cm³/mol. The van der Waals surface area contributed by atoms with Crippen LogP contribution in [-0.2, 0) is 0 Å². The normalized spacial score (nSPS) is 15.9. The molecule has 2 N–H and O–H groups in total. The molecule has 2 aromatic carbocycles. The number of halogens is 2. The zero-order chi connectivity index (χ0) is 14.1. The summed E-state index contributed by atoms with van der Waals surface area (Å²) < 4.78 is 32.4. The summed E-state index contributed by atoms with van der Waals surface area (Å²) in [5.41, 5.74) is 7.08. The lowest BCUT2D eigenvalue weighted by Crippen LogP contribution is -2.14. The number of benzene rings is 2. The average Bonchev–Trinajstić information content (AvgIpc) is 3.22. The highest BCUT2D eigenvalue weighted by molar-refractivity contribution is 5.37. The van der Waals surface area contributed by atoms with Gasteiger partial charge in [-0.05, 0) is 36.6 Å². The Labute approximate surface area is 116 Å². The summed E-state index contributed by atoms with van der Waals surface area (Å²) in [5, 5.41) is 0. The zero-order valence-electron chi connectivity index (χ0n) is 10.9. The summed E-state index contributed by atoms with van der Waals surface area (Å²) in [6.45, 7) is 0. The van der Waals surface area contributed by atoms with Gasteiger partial charge in [0.2, 0.25) is 0 Å². The average molecular weight is 275 g/mol.